The molecule has 2 aromatic rings. The second-order valence-electron chi connectivity index (χ2n) is 5.27. The van der Waals surface area contributed by atoms with Gasteiger partial charge in [-0.25, -0.2) is 0 Å². The summed E-state index contributed by atoms with van der Waals surface area (Å²) in [7, 11) is 0. The van der Waals surface area contributed by atoms with Crippen molar-refractivity contribution in [3.8, 4) is 0 Å². The van der Waals surface area contributed by atoms with Crippen LogP contribution in [0.5, 0.6) is 0 Å². The van der Waals surface area contributed by atoms with Gasteiger partial charge in [0.15, 0.2) is 5.76 Å². The van der Waals surface area contributed by atoms with Crippen molar-refractivity contribution in [2.24, 2.45) is 0 Å². The van der Waals surface area contributed by atoms with Crippen LogP contribution in [0.25, 0.3) is 0 Å². The lowest BCUT2D eigenvalue weighted by Gasteiger charge is -2.35. The number of benzene rings is 1. The van der Waals surface area contributed by atoms with Gasteiger partial charge in [0.2, 0.25) is 5.66 Å². The second kappa shape index (κ2) is 6.95. The number of amides is 2. The molecule has 1 aromatic carbocycles. The Morgan fingerprint density at radius 2 is 2.12 bits per heavy atom. The average Bonchev–Trinajstić information content (AvgIpc) is 3.11. The third-order valence-electron chi connectivity index (χ3n) is 3.64. The minimum Gasteiger partial charge on any atom is -0.502 e. The molecular formula is C16H13Cl2N3O3S. The number of halogens is 2. The summed E-state index contributed by atoms with van der Waals surface area (Å²) < 4.78 is 0. The zero-order chi connectivity index (χ0) is 18.0. The van der Waals surface area contributed by atoms with E-state index in [1.807, 2.05) is 0 Å². The summed E-state index contributed by atoms with van der Waals surface area (Å²) in [5.41, 5.74) is -0.822. The van der Waals surface area contributed by atoms with Crippen molar-refractivity contribution in [2.75, 3.05) is 0 Å². The van der Waals surface area contributed by atoms with Gasteiger partial charge in [-0.1, -0.05) is 35.3 Å². The first-order chi connectivity index (χ1) is 11.9. The highest BCUT2D eigenvalue weighted by Crippen LogP contribution is 2.27. The first-order valence-electron chi connectivity index (χ1n) is 7.18. The Kier molecular flexibility index (Phi) is 4.89. The number of aliphatic hydroxyl groups is 1. The molecule has 0 radical (unpaired) electrons. The highest BCUT2D eigenvalue weighted by Gasteiger charge is 2.45. The maximum Gasteiger partial charge on any atom is 0.290 e. The van der Waals surface area contributed by atoms with E-state index in [0.29, 0.717) is 20.5 Å². The van der Waals surface area contributed by atoms with Gasteiger partial charge in [-0.3, -0.25) is 9.59 Å². The quantitative estimate of drug-likeness (QED) is 0.638. The molecule has 2 amide bonds. The van der Waals surface area contributed by atoms with Crippen molar-refractivity contribution in [3.63, 3.8) is 0 Å². The lowest BCUT2D eigenvalue weighted by Crippen LogP contribution is -2.65. The number of thiophene rings is 1. The topological polar surface area (TPSA) is 90.5 Å². The Morgan fingerprint density at radius 1 is 1.32 bits per heavy atom. The molecule has 0 saturated carbocycles. The molecule has 0 bridgehead atoms. The van der Waals surface area contributed by atoms with Crippen LogP contribution in [0.2, 0.25) is 10.0 Å². The second-order valence-corrected chi connectivity index (χ2v) is 7.07. The first kappa shape index (κ1) is 17.6. The van der Waals surface area contributed by atoms with Crippen molar-refractivity contribution in [3.05, 3.63) is 68.2 Å². The molecule has 9 heteroatoms. The van der Waals surface area contributed by atoms with E-state index in [4.69, 9.17) is 23.2 Å². The number of aliphatic hydroxyl groups excluding tert-OH is 1. The fraction of sp³-hybridized carbons (Fsp3) is 0.125. The highest BCUT2D eigenvalue weighted by atomic mass is 35.5. The molecule has 1 unspecified atom stereocenters. The van der Waals surface area contributed by atoms with Crippen LogP contribution in [0.4, 0.5) is 0 Å². The van der Waals surface area contributed by atoms with Crippen LogP contribution in [0.3, 0.4) is 0 Å². The number of hydrogen-bond donors (Lipinski definition) is 4. The number of carbonyl (C=O) groups is 2. The van der Waals surface area contributed by atoms with E-state index in [1.54, 1.807) is 35.7 Å². The van der Waals surface area contributed by atoms with Gasteiger partial charge in [0.1, 0.15) is 0 Å². The Morgan fingerprint density at radius 3 is 2.76 bits per heavy atom. The van der Waals surface area contributed by atoms with Crippen LogP contribution in [-0.2, 0) is 21.8 Å². The molecule has 6 nitrogen and oxygen atoms in total. The molecule has 3 rings (SSSR count). The lowest BCUT2D eigenvalue weighted by molar-refractivity contribution is -0.135. The Labute approximate surface area is 157 Å². The zero-order valence-electron chi connectivity index (χ0n) is 12.7. The van der Waals surface area contributed by atoms with Gasteiger partial charge >= 0.3 is 0 Å². The molecule has 130 valence electrons. The van der Waals surface area contributed by atoms with E-state index in [2.05, 4.69) is 16.0 Å². The highest BCUT2D eigenvalue weighted by molar-refractivity contribution is 7.10. The minimum atomic E-state index is -1.50. The van der Waals surface area contributed by atoms with Crippen LogP contribution >= 0.6 is 34.5 Å². The molecule has 1 aromatic heterocycles. The van der Waals surface area contributed by atoms with Gasteiger partial charge in [0.05, 0.1) is 4.88 Å². The van der Waals surface area contributed by atoms with E-state index in [0.717, 1.165) is 6.20 Å². The molecule has 0 spiro atoms. The molecule has 25 heavy (non-hydrogen) atoms. The van der Waals surface area contributed by atoms with Crippen LogP contribution < -0.4 is 16.0 Å². The maximum atomic E-state index is 12.9. The number of hydrogen-bond acceptors (Lipinski definition) is 5. The van der Waals surface area contributed by atoms with Crippen LogP contribution in [-0.4, -0.2) is 16.9 Å². The molecular weight excluding hydrogens is 385 g/mol. The predicted molar refractivity (Wildman–Crippen MR) is 96.3 cm³/mol. The van der Waals surface area contributed by atoms with E-state index < -0.39 is 23.2 Å². The van der Waals surface area contributed by atoms with Gasteiger partial charge < -0.3 is 21.1 Å². The van der Waals surface area contributed by atoms with Gasteiger partial charge in [-0.2, -0.15) is 0 Å². The molecule has 0 aliphatic carbocycles. The fourth-order valence-corrected chi connectivity index (χ4v) is 3.66. The van der Waals surface area contributed by atoms with E-state index in [1.165, 1.54) is 11.3 Å². The fourth-order valence-electron chi connectivity index (χ4n) is 2.34. The third-order valence-corrected chi connectivity index (χ3v) is 5.22. The van der Waals surface area contributed by atoms with Crippen molar-refractivity contribution >= 4 is 46.4 Å². The average molecular weight is 398 g/mol. The summed E-state index contributed by atoms with van der Waals surface area (Å²) >= 11 is 13.3. The summed E-state index contributed by atoms with van der Waals surface area (Å²) in [5, 5.41) is 20.2. The van der Waals surface area contributed by atoms with E-state index in [9.17, 15) is 14.7 Å². The summed E-state index contributed by atoms with van der Waals surface area (Å²) in [6.07, 6.45) is 1.10. The Balaban J connectivity index is 1.85. The maximum absolute atomic E-state index is 12.9. The van der Waals surface area contributed by atoms with Gasteiger partial charge in [0.25, 0.3) is 11.8 Å². The standard InChI is InChI=1S/C16H13Cl2N3O3S/c17-10-4-3-9(11(18)6-10)7-19-15(24)16(13-2-1-5-25-13)20-8-12(22)14(23)21-16/h1-6,8,20,22H,7H2,(H,19,24)(H,21,23). The normalized spacial score (nSPS) is 19.6. The van der Waals surface area contributed by atoms with Crippen molar-refractivity contribution in [1.29, 1.82) is 0 Å². The van der Waals surface area contributed by atoms with Crippen molar-refractivity contribution in [1.82, 2.24) is 16.0 Å². The molecule has 1 aliphatic rings. The van der Waals surface area contributed by atoms with Crippen LogP contribution in [0.1, 0.15) is 10.4 Å². The van der Waals surface area contributed by atoms with E-state index in [-0.39, 0.29) is 6.54 Å². The Bertz CT molecular complexity index is 854. The Hall–Kier alpha value is -2.22. The smallest absolute Gasteiger partial charge is 0.290 e. The molecule has 4 N–H and O–H groups in total. The van der Waals surface area contributed by atoms with Crippen LogP contribution in [0, 0.1) is 0 Å². The van der Waals surface area contributed by atoms with Crippen molar-refractivity contribution in [2.45, 2.75) is 12.2 Å². The van der Waals surface area contributed by atoms with E-state index >= 15 is 0 Å². The molecule has 1 atom stereocenters. The zero-order valence-corrected chi connectivity index (χ0v) is 15.0. The molecule has 2 heterocycles. The molecule has 1 aliphatic heterocycles. The lowest BCUT2D eigenvalue weighted by atomic mass is 10.0. The predicted octanol–water partition coefficient (Wildman–Crippen LogP) is 2.64. The number of carbonyl (C=O) groups excluding carboxylic acids is 2. The third kappa shape index (κ3) is 3.44. The largest absolute Gasteiger partial charge is 0.502 e. The SMILES string of the molecule is O=C1NC(C(=O)NCc2ccc(Cl)cc2Cl)(c2cccs2)NC=C1O. The first-order valence-corrected chi connectivity index (χ1v) is 8.81. The molecule has 0 saturated heterocycles. The summed E-state index contributed by atoms with van der Waals surface area (Å²) in [5.74, 6) is -1.73. The summed E-state index contributed by atoms with van der Waals surface area (Å²) in [6.45, 7) is 0.148. The minimum absolute atomic E-state index is 0.148. The number of rotatable bonds is 4. The van der Waals surface area contributed by atoms with Gasteiger partial charge in [0, 0.05) is 22.8 Å². The monoisotopic (exact) mass is 397 g/mol. The van der Waals surface area contributed by atoms with Gasteiger partial charge in [-0.05, 0) is 29.1 Å². The summed E-state index contributed by atoms with van der Waals surface area (Å²) in [6, 6.07) is 8.44. The van der Waals surface area contributed by atoms with Crippen molar-refractivity contribution < 1.29 is 14.7 Å². The van der Waals surface area contributed by atoms with Crippen LogP contribution in [0.15, 0.2) is 47.7 Å². The molecule has 0 fully saturated rings. The number of nitrogens with one attached hydrogen (secondary N) is 3. The van der Waals surface area contributed by atoms with Gasteiger partial charge in [-0.15, -0.1) is 11.3 Å². The summed E-state index contributed by atoms with van der Waals surface area (Å²) in [4.78, 5) is 25.3.